The van der Waals surface area contributed by atoms with Crippen LogP contribution in [0.3, 0.4) is 0 Å². The predicted molar refractivity (Wildman–Crippen MR) is 76.7 cm³/mol. The van der Waals surface area contributed by atoms with Crippen LogP contribution >= 0.6 is 0 Å². The van der Waals surface area contributed by atoms with E-state index in [4.69, 9.17) is 4.74 Å². The van der Waals surface area contributed by atoms with E-state index in [1.165, 1.54) is 0 Å². The summed E-state index contributed by atoms with van der Waals surface area (Å²) in [7, 11) is 0. The van der Waals surface area contributed by atoms with E-state index in [1.54, 1.807) is 0 Å². The van der Waals surface area contributed by atoms with Gasteiger partial charge in [-0.25, -0.2) is 0 Å². The highest BCUT2D eigenvalue weighted by atomic mass is 16.5. The van der Waals surface area contributed by atoms with Gasteiger partial charge in [-0.05, 0) is 6.54 Å². The predicted octanol–water partition coefficient (Wildman–Crippen LogP) is 1.23. The summed E-state index contributed by atoms with van der Waals surface area (Å²) in [6.07, 6.45) is 0. The highest BCUT2D eigenvalue weighted by Gasteiger charge is 1.91. The molecule has 0 aromatic heterocycles. The second-order valence-electron chi connectivity index (χ2n) is 3.82. The van der Waals surface area contributed by atoms with Crippen molar-refractivity contribution in [2.45, 2.75) is 40.7 Å². The van der Waals surface area contributed by atoms with Crippen molar-refractivity contribution in [1.29, 1.82) is 0 Å². The average molecular weight is 247 g/mol. The van der Waals surface area contributed by atoms with Gasteiger partial charge in [0.25, 0.3) is 0 Å². The van der Waals surface area contributed by atoms with Crippen LogP contribution in [0.1, 0.15) is 34.6 Å². The number of ether oxygens (including phenoxy) is 1. The summed E-state index contributed by atoms with van der Waals surface area (Å²) >= 11 is 0. The van der Waals surface area contributed by atoms with Crippen LogP contribution in [0.4, 0.5) is 0 Å². The van der Waals surface area contributed by atoms with Crippen LogP contribution in [0.2, 0.25) is 0 Å². The largest absolute Gasteiger partial charge is 0.379 e. The Morgan fingerprint density at radius 1 is 0.882 bits per heavy atom. The molecule has 0 aliphatic heterocycles. The smallest absolute Gasteiger partial charge is 0.0591 e. The lowest BCUT2D eigenvalue weighted by molar-refractivity contribution is 0.138. The molecule has 0 spiro atoms. The molecular weight excluding hydrogens is 214 g/mol. The lowest BCUT2D eigenvalue weighted by Crippen LogP contribution is -2.33. The molecule has 0 radical (unpaired) electrons. The first-order valence-electron chi connectivity index (χ1n) is 7.00. The van der Waals surface area contributed by atoms with Crippen LogP contribution in [-0.2, 0) is 4.74 Å². The molecular formula is C13H33N3O. The van der Waals surface area contributed by atoms with Gasteiger partial charge in [-0.15, -0.1) is 0 Å². The first kappa shape index (κ1) is 19.2. The normalized spacial score (nSPS) is 10.2. The molecule has 0 aromatic carbocycles. The number of hydrogen-bond donors (Lipinski definition) is 3. The Kier molecular flexibility index (Phi) is 20.6. The van der Waals surface area contributed by atoms with Crippen LogP contribution in [0.5, 0.6) is 0 Å². The van der Waals surface area contributed by atoms with Gasteiger partial charge in [0, 0.05) is 32.2 Å². The highest BCUT2D eigenvalue weighted by Crippen LogP contribution is 1.74. The summed E-state index contributed by atoms with van der Waals surface area (Å²) < 4.78 is 5.42. The third kappa shape index (κ3) is 21.6. The molecule has 0 aromatic rings. The van der Waals surface area contributed by atoms with Gasteiger partial charge in [0.15, 0.2) is 0 Å². The van der Waals surface area contributed by atoms with Crippen LogP contribution < -0.4 is 16.0 Å². The van der Waals surface area contributed by atoms with Gasteiger partial charge in [-0.3, -0.25) is 0 Å². The zero-order valence-corrected chi connectivity index (χ0v) is 12.4. The molecule has 0 saturated heterocycles. The van der Waals surface area contributed by atoms with Gasteiger partial charge in [-0.2, -0.15) is 0 Å². The fourth-order valence-electron chi connectivity index (χ4n) is 1.14. The molecule has 106 valence electrons. The third-order valence-corrected chi connectivity index (χ3v) is 1.95. The molecule has 0 heterocycles. The number of rotatable bonds is 11. The Morgan fingerprint density at radius 2 is 1.47 bits per heavy atom. The first-order chi connectivity index (χ1) is 8.27. The Labute approximate surface area is 108 Å². The standard InChI is InChI=1S/C11H27N3O.C2H6/c1-4-12-7-9-15-10-8-13-5-6-14-11(2)3;1-2/h11-14H,4-10H2,1-3H3;1-2H3. The summed E-state index contributed by atoms with van der Waals surface area (Å²) in [5.74, 6) is 0. The van der Waals surface area contributed by atoms with E-state index >= 15 is 0 Å². The number of nitrogens with one attached hydrogen (secondary N) is 3. The minimum absolute atomic E-state index is 0.572. The molecule has 0 unspecified atom stereocenters. The van der Waals surface area contributed by atoms with E-state index in [0.717, 1.165) is 45.9 Å². The van der Waals surface area contributed by atoms with Gasteiger partial charge in [-0.1, -0.05) is 34.6 Å². The minimum Gasteiger partial charge on any atom is -0.379 e. The maximum atomic E-state index is 5.42. The summed E-state index contributed by atoms with van der Waals surface area (Å²) in [4.78, 5) is 0. The zero-order chi connectivity index (χ0) is 13.4. The van der Waals surface area contributed by atoms with Crippen LogP contribution in [0, 0.1) is 0 Å². The second-order valence-corrected chi connectivity index (χ2v) is 3.82. The SMILES string of the molecule is CC.CCNCCOCCNCCNC(C)C. The molecule has 4 heteroatoms. The first-order valence-corrected chi connectivity index (χ1v) is 7.00. The number of hydrogen-bond acceptors (Lipinski definition) is 4. The molecule has 0 aliphatic carbocycles. The Bertz CT molecular complexity index is 121. The van der Waals surface area contributed by atoms with E-state index in [1.807, 2.05) is 13.8 Å². The van der Waals surface area contributed by atoms with E-state index in [9.17, 15) is 0 Å². The Morgan fingerprint density at radius 3 is 2.00 bits per heavy atom. The van der Waals surface area contributed by atoms with Crippen molar-refractivity contribution >= 4 is 0 Å². The maximum absolute atomic E-state index is 5.42. The molecule has 17 heavy (non-hydrogen) atoms. The molecule has 0 bridgehead atoms. The lowest BCUT2D eigenvalue weighted by Gasteiger charge is -2.09. The van der Waals surface area contributed by atoms with Gasteiger partial charge < -0.3 is 20.7 Å². The zero-order valence-electron chi connectivity index (χ0n) is 12.4. The Balaban J connectivity index is 0. The fraction of sp³-hybridized carbons (Fsp3) is 1.00. The fourth-order valence-corrected chi connectivity index (χ4v) is 1.14. The molecule has 0 aliphatic rings. The van der Waals surface area contributed by atoms with Crippen molar-refractivity contribution < 1.29 is 4.74 Å². The van der Waals surface area contributed by atoms with Gasteiger partial charge in [0.05, 0.1) is 13.2 Å². The van der Waals surface area contributed by atoms with Crippen LogP contribution in [-0.4, -0.2) is 52.0 Å². The van der Waals surface area contributed by atoms with Gasteiger partial charge in [0.1, 0.15) is 0 Å². The molecule has 0 amide bonds. The molecule has 0 fully saturated rings. The maximum Gasteiger partial charge on any atom is 0.0591 e. The van der Waals surface area contributed by atoms with Crippen molar-refractivity contribution in [3.05, 3.63) is 0 Å². The molecule has 0 atom stereocenters. The van der Waals surface area contributed by atoms with Gasteiger partial charge >= 0.3 is 0 Å². The second kappa shape index (κ2) is 18.2. The van der Waals surface area contributed by atoms with E-state index < -0.39 is 0 Å². The van der Waals surface area contributed by atoms with Crippen molar-refractivity contribution in [3.8, 4) is 0 Å². The summed E-state index contributed by atoms with van der Waals surface area (Å²) in [5.41, 5.74) is 0. The summed E-state index contributed by atoms with van der Waals surface area (Å²) in [6, 6.07) is 0.572. The summed E-state index contributed by atoms with van der Waals surface area (Å²) in [5, 5.41) is 9.89. The van der Waals surface area contributed by atoms with E-state index in [2.05, 4.69) is 36.7 Å². The summed E-state index contributed by atoms with van der Waals surface area (Å²) in [6.45, 7) is 17.0. The van der Waals surface area contributed by atoms with Crippen molar-refractivity contribution in [2.75, 3.05) is 45.9 Å². The van der Waals surface area contributed by atoms with Crippen LogP contribution in [0.25, 0.3) is 0 Å². The third-order valence-electron chi connectivity index (χ3n) is 1.95. The molecule has 3 N–H and O–H groups in total. The topological polar surface area (TPSA) is 45.3 Å². The molecule has 0 rings (SSSR count). The average Bonchev–Trinajstić information content (AvgIpc) is 2.34. The van der Waals surface area contributed by atoms with Crippen molar-refractivity contribution in [2.24, 2.45) is 0 Å². The lowest BCUT2D eigenvalue weighted by atomic mass is 10.4. The quantitative estimate of drug-likeness (QED) is 0.481. The monoisotopic (exact) mass is 247 g/mol. The Hall–Kier alpha value is -0.160. The van der Waals surface area contributed by atoms with Gasteiger partial charge in [0.2, 0.25) is 0 Å². The van der Waals surface area contributed by atoms with E-state index in [-0.39, 0.29) is 0 Å². The van der Waals surface area contributed by atoms with Crippen LogP contribution in [0.15, 0.2) is 0 Å². The molecule has 4 nitrogen and oxygen atoms in total. The van der Waals surface area contributed by atoms with Crippen molar-refractivity contribution in [1.82, 2.24) is 16.0 Å². The highest BCUT2D eigenvalue weighted by molar-refractivity contribution is 4.55. The number of likely N-dealkylation sites (N-methyl/N-ethyl adjacent to an activating group) is 1. The molecule has 0 saturated carbocycles. The van der Waals surface area contributed by atoms with Crippen molar-refractivity contribution in [3.63, 3.8) is 0 Å². The minimum atomic E-state index is 0.572. The van der Waals surface area contributed by atoms with E-state index in [0.29, 0.717) is 6.04 Å².